The highest BCUT2D eigenvalue weighted by atomic mass is 79.9. The lowest BCUT2D eigenvalue weighted by atomic mass is 10.1. The molecule has 1 aliphatic heterocycles. The fourth-order valence-corrected chi connectivity index (χ4v) is 5.31. The molecule has 0 saturated carbocycles. The van der Waals surface area contributed by atoms with Crippen molar-refractivity contribution in [2.45, 2.75) is 18.6 Å². The monoisotopic (exact) mass is 551 g/mol. The van der Waals surface area contributed by atoms with Gasteiger partial charge in [0.2, 0.25) is 5.91 Å². The zero-order valence-electron chi connectivity index (χ0n) is 18.1. The molecule has 3 aromatic carbocycles. The Balaban J connectivity index is 1.72. The topological polar surface area (TPSA) is 73.2 Å². The van der Waals surface area contributed by atoms with Crippen molar-refractivity contribution in [3.63, 3.8) is 0 Å². The minimum atomic E-state index is -0.569. The Labute approximate surface area is 215 Å². The molecule has 4 rings (SSSR count). The minimum Gasteiger partial charge on any atom is -0.321 e. The van der Waals surface area contributed by atoms with Crippen LogP contribution in [0.2, 0.25) is 5.02 Å². The van der Waals surface area contributed by atoms with Crippen LogP contribution in [-0.2, 0) is 16.0 Å². The number of benzene rings is 3. The number of aryl methyl sites for hydroxylation is 1. The molecule has 0 bridgehead atoms. The zero-order chi connectivity index (χ0) is 24.2. The van der Waals surface area contributed by atoms with E-state index in [1.807, 2.05) is 55.5 Å². The van der Waals surface area contributed by atoms with Crippen molar-refractivity contribution in [1.29, 1.82) is 5.26 Å². The zero-order valence-corrected chi connectivity index (χ0v) is 21.2. The molecule has 5 nitrogen and oxygen atoms in total. The molecule has 1 N–H and O–H groups in total. The number of nitrogens with zero attached hydrogens (tertiary/aromatic N) is 2. The molecule has 1 aliphatic rings. The third-order valence-corrected chi connectivity index (χ3v) is 7.24. The largest absolute Gasteiger partial charge is 0.321 e. The summed E-state index contributed by atoms with van der Waals surface area (Å²) in [5.41, 5.74) is 2.98. The molecule has 0 aromatic heterocycles. The van der Waals surface area contributed by atoms with Gasteiger partial charge in [-0.05, 0) is 67.4 Å². The molecule has 0 spiro atoms. The Morgan fingerprint density at radius 1 is 1.15 bits per heavy atom. The molecule has 1 unspecified atom stereocenters. The molecule has 0 radical (unpaired) electrons. The second-order valence-electron chi connectivity index (χ2n) is 7.70. The van der Waals surface area contributed by atoms with E-state index in [2.05, 4.69) is 21.2 Å². The fraction of sp³-hybridized carbons (Fsp3) is 0.115. The molecular weight excluding hydrogens is 534 g/mol. The van der Waals surface area contributed by atoms with Crippen LogP contribution in [0.5, 0.6) is 0 Å². The standard InChI is InChI=1S/C26H19BrClN3O2S/c1-16-5-11-21(12-6-16)31-25(33)23(14-17-3-2-4-19(28)13-17)34-26(31)22(15-29)24(32)30-20-9-7-18(27)8-10-20/h2-13,23H,14H2,1H3,(H,30,32)/b26-22-. The second kappa shape index (κ2) is 10.5. The molecule has 8 heteroatoms. The van der Waals surface area contributed by atoms with Crippen LogP contribution in [0, 0.1) is 18.3 Å². The number of nitriles is 1. The molecule has 1 heterocycles. The van der Waals surface area contributed by atoms with Crippen LogP contribution in [-0.4, -0.2) is 17.1 Å². The number of thioether (sulfide) groups is 1. The first-order valence-corrected chi connectivity index (χ1v) is 12.4. The maximum Gasteiger partial charge on any atom is 0.269 e. The molecule has 0 aliphatic carbocycles. The van der Waals surface area contributed by atoms with E-state index >= 15 is 0 Å². The van der Waals surface area contributed by atoms with Gasteiger partial charge in [-0.2, -0.15) is 5.26 Å². The summed E-state index contributed by atoms with van der Waals surface area (Å²) >= 11 is 10.7. The van der Waals surface area contributed by atoms with Gasteiger partial charge in [-0.15, -0.1) is 0 Å². The van der Waals surface area contributed by atoms with Gasteiger partial charge >= 0.3 is 0 Å². The Bertz CT molecular complexity index is 1320. The lowest BCUT2D eigenvalue weighted by Crippen LogP contribution is -2.30. The van der Waals surface area contributed by atoms with Crippen LogP contribution in [0.25, 0.3) is 0 Å². The summed E-state index contributed by atoms with van der Waals surface area (Å²) in [5, 5.41) is 13.1. The van der Waals surface area contributed by atoms with Gasteiger partial charge in [0.25, 0.3) is 5.91 Å². The molecular formula is C26H19BrClN3O2S. The number of rotatable bonds is 5. The van der Waals surface area contributed by atoms with Gasteiger partial charge in [0.1, 0.15) is 16.7 Å². The maximum absolute atomic E-state index is 13.5. The predicted octanol–water partition coefficient (Wildman–Crippen LogP) is 6.48. The van der Waals surface area contributed by atoms with Crippen molar-refractivity contribution in [2.24, 2.45) is 0 Å². The van der Waals surface area contributed by atoms with E-state index in [1.165, 1.54) is 16.7 Å². The van der Waals surface area contributed by atoms with E-state index in [9.17, 15) is 14.9 Å². The highest BCUT2D eigenvalue weighted by Crippen LogP contribution is 2.42. The van der Waals surface area contributed by atoms with Crippen LogP contribution in [0.4, 0.5) is 11.4 Å². The van der Waals surface area contributed by atoms with Gasteiger partial charge in [0, 0.05) is 20.9 Å². The van der Waals surface area contributed by atoms with Crippen molar-refractivity contribution in [2.75, 3.05) is 10.2 Å². The summed E-state index contributed by atoms with van der Waals surface area (Å²) in [6, 6.07) is 23.8. The second-order valence-corrected chi connectivity index (χ2v) is 10.2. The molecule has 1 saturated heterocycles. The fourth-order valence-electron chi connectivity index (χ4n) is 3.52. The summed E-state index contributed by atoms with van der Waals surface area (Å²) in [6.45, 7) is 1.95. The van der Waals surface area contributed by atoms with Gasteiger partial charge in [-0.25, -0.2) is 0 Å². The van der Waals surface area contributed by atoms with Gasteiger partial charge in [-0.3, -0.25) is 14.5 Å². The third kappa shape index (κ3) is 5.36. The Kier molecular flexibility index (Phi) is 7.42. The number of nitrogens with one attached hydrogen (secondary N) is 1. The molecule has 3 aromatic rings. The summed E-state index contributed by atoms with van der Waals surface area (Å²) in [7, 11) is 0. The van der Waals surface area contributed by atoms with Crippen molar-refractivity contribution >= 4 is 62.5 Å². The minimum absolute atomic E-state index is 0.115. The highest BCUT2D eigenvalue weighted by Gasteiger charge is 2.40. The van der Waals surface area contributed by atoms with Crippen LogP contribution < -0.4 is 10.2 Å². The first-order chi connectivity index (χ1) is 16.4. The third-order valence-electron chi connectivity index (χ3n) is 5.21. The number of anilines is 2. The van der Waals surface area contributed by atoms with Crippen molar-refractivity contribution in [3.8, 4) is 6.07 Å². The maximum atomic E-state index is 13.5. The van der Waals surface area contributed by atoms with E-state index in [-0.39, 0.29) is 11.5 Å². The Hall–Kier alpha value is -3.05. The number of amides is 2. The van der Waals surface area contributed by atoms with E-state index in [0.29, 0.717) is 27.8 Å². The molecule has 34 heavy (non-hydrogen) atoms. The van der Waals surface area contributed by atoms with E-state index in [4.69, 9.17) is 11.6 Å². The average molecular weight is 553 g/mol. The first kappa shape index (κ1) is 24.1. The highest BCUT2D eigenvalue weighted by molar-refractivity contribution is 9.10. The predicted molar refractivity (Wildman–Crippen MR) is 141 cm³/mol. The lowest BCUT2D eigenvalue weighted by molar-refractivity contribution is -0.117. The SMILES string of the molecule is Cc1ccc(N2C(=O)C(Cc3cccc(Cl)c3)S/C2=C(/C#N)C(=O)Nc2ccc(Br)cc2)cc1. The van der Waals surface area contributed by atoms with Crippen molar-refractivity contribution in [1.82, 2.24) is 0 Å². The number of halogens is 2. The molecule has 1 atom stereocenters. The van der Waals surface area contributed by atoms with Crippen LogP contribution in [0.3, 0.4) is 0 Å². The lowest BCUT2D eigenvalue weighted by Gasteiger charge is -2.19. The normalized spacial score (nSPS) is 16.8. The van der Waals surface area contributed by atoms with Gasteiger partial charge in [0.05, 0.1) is 5.25 Å². The number of carbonyl (C=O) groups excluding carboxylic acids is 2. The molecule has 170 valence electrons. The van der Waals surface area contributed by atoms with E-state index in [1.54, 1.807) is 30.3 Å². The number of carbonyl (C=O) groups is 2. The molecule has 1 fully saturated rings. The Morgan fingerprint density at radius 3 is 2.50 bits per heavy atom. The van der Waals surface area contributed by atoms with Gasteiger partial charge in [0.15, 0.2) is 0 Å². The molecule has 2 amide bonds. The number of hydrogen-bond donors (Lipinski definition) is 1. The van der Waals surface area contributed by atoms with Crippen molar-refractivity contribution in [3.05, 3.63) is 104 Å². The summed E-state index contributed by atoms with van der Waals surface area (Å²) in [5.74, 6) is -0.756. The summed E-state index contributed by atoms with van der Waals surface area (Å²) in [6.07, 6.45) is 0.420. The summed E-state index contributed by atoms with van der Waals surface area (Å²) < 4.78 is 0.871. The van der Waals surface area contributed by atoms with Crippen LogP contribution in [0.1, 0.15) is 11.1 Å². The summed E-state index contributed by atoms with van der Waals surface area (Å²) in [4.78, 5) is 28.1. The Morgan fingerprint density at radius 2 is 1.85 bits per heavy atom. The van der Waals surface area contributed by atoms with E-state index in [0.717, 1.165) is 15.6 Å². The number of hydrogen-bond acceptors (Lipinski definition) is 4. The van der Waals surface area contributed by atoms with Gasteiger partial charge in [-0.1, -0.05) is 69.1 Å². The smallest absolute Gasteiger partial charge is 0.269 e. The van der Waals surface area contributed by atoms with Crippen LogP contribution >= 0.6 is 39.3 Å². The van der Waals surface area contributed by atoms with E-state index < -0.39 is 11.2 Å². The quantitative estimate of drug-likeness (QED) is 0.291. The van der Waals surface area contributed by atoms with Gasteiger partial charge < -0.3 is 5.32 Å². The average Bonchev–Trinajstić information content (AvgIpc) is 3.12. The van der Waals surface area contributed by atoms with Crippen LogP contribution in [0.15, 0.2) is 87.9 Å². The van der Waals surface area contributed by atoms with Crippen molar-refractivity contribution < 1.29 is 9.59 Å². The first-order valence-electron chi connectivity index (χ1n) is 10.4.